The van der Waals surface area contributed by atoms with Crippen LogP contribution >= 0.6 is 11.3 Å². The van der Waals surface area contributed by atoms with Crippen molar-refractivity contribution in [2.24, 2.45) is 0 Å². The van der Waals surface area contributed by atoms with Gasteiger partial charge in [-0.25, -0.2) is 4.98 Å². The Labute approximate surface area is 146 Å². The Hall–Kier alpha value is -3.39. The zero-order chi connectivity index (χ0) is 17.6. The summed E-state index contributed by atoms with van der Waals surface area (Å²) >= 11 is 1.31. The summed E-state index contributed by atoms with van der Waals surface area (Å²) in [6, 6.07) is 11.5. The first-order chi connectivity index (χ1) is 12.1. The maximum Gasteiger partial charge on any atom is 0.269 e. The molecule has 25 heavy (non-hydrogen) atoms. The van der Waals surface area contributed by atoms with Crippen molar-refractivity contribution in [1.29, 1.82) is 0 Å². The average molecular weight is 352 g/mol. The van der Waals surface area contributed by atoms with E-state index in [1.54, 1.807) is 24.4 Å². The van der Waals surface area contributed by atoms with Crippen LogP contribution in [0.15, 0.2) is 60.1 Å². The van der Waals surface area contributed by atoms with E-state index in [2.05, 4.69) is 15.3 Å². The van der Waals surface area contributed by atoms with E-state index in [0.29, 0.717) is 16.4 Å². The summed E-state index contributed by atoms with van der Waals surface area (Å²) in [5, 5.41) is 15.6. The topological polar surface area (TPSA) is 98.0 Å². The smallest absolute Gasteiger partial charge is 0.269 e. The molecule has 0 bridgehead atoms. The predicted molar refractivity (Wildman–Crippen MR) is 96.1 cm³/mol. The Morgan fingerprint density at radius 3 is 2.64 bits per heavy atom. The highest BCUT2D eigenvalue weighted by molar-refractivity contribution is 7.14. The highest BCUT2D eigenvalue weighted by Crippen LogP contribution is 2.23. The number of pyridine rings is 1. The number of non-ortho nitro benzene ring substituents is 1. The van der Waals surface area contributed by atoms with Gasteiger partial charge in [-0.05, 0) is 35.9 Å². The fourth-order valence-electron chi connectivity index (χ4n) is 1.99. The van der Waals surface area contributed by atoms with Crippen LogP contribution in [0.2, 0.25) is 0 Å². The number of aromatic nitrogens is 2. The lowest BCUT2D eigenvalue weighted by atomic mass is 10.2. The first kappa shape index (κ1) is 16.5. The summed E-state index contributed by atoms with van der Waals surface area (Å²) in [7, 11) is 0. The second-order valence-electron chi connectivity index (χ2n) is 4.92. The molecule has 0 aliphatic carbocycles. The van der Waals surface area contributed by atoms with E-state index in [1.807, 2.05) is 23.6 Å². The Morgan fingerprint density at radius 1 is 1.16 bits per heavy atom. The number of hydrogen-bond acceptors (Lipinski definition) is 6. The van der Waals surface area contributed by atoms with Crippen LogP contribution in [0.1, 0.15) is 5.56 Å². The Bertz CT molecular complexity index is 921. The van der Waals surface area contributed by atoms with Crippen molar-refractivity contribution in [3.8, 4) is 11.4 Å². The molecule has 2 aromatic heterocycles. The van der Waals surface area contributed by atoms with E-state index in [9.17, 15) is 14.9 Å². The minimum atomic E-state index is -0.470. The van der Waals surface area contributed by atoms with Crippen LogP contribution < -0.4 is 5.32 Å². The maximum atomic E-state index is 12.0. The fraction of sp³-hybridized carbons (Fsp3) is 0. The number of thiazole rings is 1. The molecular weight excluding hydrogens is 340 g/mol. The van der Waals surface area contributed by atoms with Crippen LogP contribution in [0.3, 0.4) is 0 Å². The standard InChI is InChI=1S/C17H12N4O3S/c22-16(9-6-12-4-7-13(8-5-12)21(23)24)20-17-19-15(11-25-17)14-3-1-2-10-18-14/h1-11H,(H,19,20,22)/b9-6+. The number of nitrogens with one attached hydrogen (secondary N) is 1. The molecule has 2 heterocycles. The molecule has 0 unspecified atom stereocenters. The van der Waals surface area contributed by atoms with Gasteiger partial charge in [0.15, 0.2) is 5.13 Å². The Morgan fingerprint density at radius 2 is 1.96 bits per heavy atom. The molecule has 0 fully saturated rings. The quantitative estimate of drug-likeness (QED) is 0.428. The lowest BCUT2D eigenvalue weighted by Crippen LogP contribution is -2.07. The number of benzene rings is 1. The number of hydrogen-bond donors (Lipinski definition) is 1. The number of rotatable bonds is 5. The van der Waals surface area contributed by atoms with Gasteiger partial charge in [0.1, 0.15) is 5.69 Å². The van der Waals surface area contributed by atoms with Gasteiger partial charge in [0.05, 0.1) is 10.6 Å². The first-order valence-corrected chi connectivity index (χ1v) is 8.10. The van der Waals surface area contributed by atoms with Gasteiger partial charge in [-0.2, -0.15) is 0 Å². The third kappa shape index (κ3) is 4.33. The number of amides is 1. The number of nitro groups is 1. The Kier molecular flexibility index (Phi) is 4.91. The van der Waals surface area contributed by atoms with Crippen molar-refractivity contribution in [2.45, 2.75) is 0 Å². The lowest BCUT2D eigenvalue weighted by Gasteiger charge is -1.97. The number of nitro benzene ring substituents is 1. The van der Waals surface area contributed by atoms with Gasteiger partial charge in [0.25, 0.3) is 5.69 Å². The summed E-state index contributed by atoms with van der Waals surface area (Å²) in [5.74, 6) is -0.333. The largest absolute Gasteiger partial charge is 0.298 e. The molecule has 0 saturated heterocycles. The third-order valence-electron chi connectivity index (χ3n) is 3.19. The van der Waals surface area contributed by atoms with Crippen molar-refractivity contribution >= 4 is 34.1 Å². The molecule has 0 aliphatic heterocycles. The minimum Gasteiger partial charge on any atom is -0.298 e. The van der Waals surface area contributed by atoms with Crippen molar-refractivity contribution < 1.29 is 9.72 Å². The average Bonchev–Trinajstić information content (AvgIpc) is 3.09. The van der Waals surface area contributed by atoms with E-state index < -0.39 is 4.92 Å². The van der Waals surface area contributed by atoms with Crippen molar-refractivity contribution in [3.63, 3.8) is 0 Å². The second kappa shape index (κ2) is 7.45. The molecule has 3 aromatic rings. The molecule has 0 spiro atoms. The molecule has 0 atom stereocenters. The molecule has 7 nitrogen and oxygen atoms in total. The van der Waals surface area contributed by atoms with Crippen LogP contribution in [0.4, 0.5) is 10.8 Å². The van der Waals surface area contributed by atoms with Crippen LogP contribution in [0, 0.1) is 10.1 Å². The van der Waals surface area contributed by atoms with Crippen LogP contribution in [-0.4, -0.2) is 20.8 Å². The van der Waals surface area contributed by atoms with E-state index in [0.717, 1.165) is 5.69 Å². The van der Waals surface area contributed by atoms with Gasteiger partial charge < -0.3 is 0 Å². The highest BCUT2D eigenvalue weighted by atomic mass is 32.1. The maximum absolute atomic E-state index is 12.0. The zero-order valence-corrected chi connectivity index (χ0v) is 13.6. The monoisotopic (exact) mass is 352 g/mol. The summed E-state index contributed by atoms with van der Waals surface area (Å²) < 4.78 is 0. The summed E-state index contributed by atoms with van der Waals surface area (Å²) in [6.45, 7) is 0. The van der Waals surface area contributed by atoms with Crippen LogP contribution in [-0.2, 0) is 4.79 Å². The molecule has 3 rings (SSSR count). The number of carbonyl (C=O) groups is 1. The van der Waals surface area contributed by atoms with Gasteiger partial charge in [-0.1, -0.05) is 6.07 Å². The van der Waals surface area contributed by atoms with Crippen LogP contribution in [0.25, 0.3) is 17.5 Å². The molecule has 1 amide bonds. The van der Waals surface area contributed by atoms with E-state index >= 15 is 0 Å². The minimum absolute atomic E-state index is 0.00596. The fourth-order valence-corrected chi connectivity index (χ4v) is 2.70. The molecule has 1 N–H and O–H groups in total. The van der Waals surface area contributed by atoms with Crippen molar-refractivity contribution in [3.05, 3.63) is 75.8 Å². The second-order valence-corrected chi connectivity index (χ2v) is 5.78. The van der Waals surface area contributed by atoms with E-state index in [-0.39, 0.29) is 11.6 Å². The molecule has 0 radical (unpaired) electrons. The molecule has 0 aliphatic rings. The van der Waals surface area contributed by atoms with E-state index in [1.165, 1.54) is 29.5 Å². The van der Waals surface area contributed by atoms with Gasteiger partial charge in [-0.3, -0.25) is 25.2 Å². The summed E-state index contributed by atoms with van der Waals surface area (Å²) in [5.41, 5.74) is 2.13. The first-order valence-electron chi connectivity index (χ1n) is 7.22. The Balaban J connectivity index is 1.63. The number of anilines is 1. The highest BCUT2D eigenvalue weighted by Gasteiger charge is 2.07. The predicted octanol–water partition coefficient (Wildman–Crippen LogP) is 3.77. The van der Waals surface area contributed by atoms with Crippen molar-refractivity contribution in [2.75, 3.05) is 5.32 Å². The number of nitrogens with zero attached hydrogens (tertiary/aromatic N) is 3. The van der Waals surface area contributed by atoms with Gasteiger partial charge in [-0.15, -0.1) is 11.3 Å². The SMILES string of the molecule is O=C(/C=C/c1ccc([N+](=O)[O-])cc1)Nc1nc(-c2ccccn2)cs1. The van der Waals surface area contributed by atoms with Crippen molar-refractivity contribution in [1.82, 2.24) is 9.97 Å². The van der Waals surface area contributed by atoms with Crippen LogP contribution in [0.5, 0.6) is 0 Å². The summed E-state index contributed by atoms with van der Waals surface area (Å²) in [4.78, 5) is 30.6. The molecule has 1 aromatic carbocycles. The van der Waals surface area contributed by atoms with Gasteiger partial charge in [0, 0.05) is 29.8 Å². The molecular formula is C17H12N4O3S. The van der Waals surface area contributed by atoms with Gasteiger partial charge in [0.2, 0.25) is 5.91 Å². The van der Waals surface area contributed by atoms with Gasteiger partial charge >= 0.3 is 0 Å². The lowest BCUT2D eigenvalue weighted by molar-refractivity contribution is -0.384. The summed E-state index contributed by atoms with van der Waals surface area (Å²) in [6.07, 6.45) is 4.61. The normalized spacial score (nSPS) is 10.7. The molecule has 124 valence electrons. The third-order valence-corrected chi connectivity index (χ3v) is 3.95. The molecule has 8 heteroatoms. The zero-order valence-electron chi connectivity index (χ0n) is 12.8. The molecule has 0 saturated carbocycles. The van der Waals surface area contributed by atoms with E-state index in [4.69, 9.17) is 0 Å². The number of carbonyl (C=O) groups excluding carboxylic acids is 1.